The lowest BCUT2D eigenvalue weighted by atomic mass is 10.1. The maximum Gasteiger partial charge on any atom is 0.259 e. The summed E-state index contributed by atoms with van der Waals surface area (Å²) >= 11 is 0. The zero-order chi connectivity index (χ0) is 15.2. The van der Waals surface area contributed by atoms with Gasteiger partial charge in [0, 0.05) is 5.56 Å². The number of carbonyl (C=O) groups is 1. The average Bonchev–Trinajstić information content (AvgIpc) is 2.53. The fraction of sp³-hybridized carbons (Fsp3) is 0.0667. The summed E-state index contributed by atoms with van der Waals surface area (Å²) < 4.78 is 0. The standard InChI is InChI=1S/C15H17N5O/c16-13(10-4-2-1-3-5-10)15(21)20-19-12-8-6-11(7-9-12)14(17)18/h1-9,13,19H,16H2,(H3,17,18)(H,20,21). The minimum atomic E-state index is -0.741. The summed E-state index contributed by atoms with van der Waals surface area (Å²) in [5, 5.41) is 7.30. The third-order valence-corrected chi connectivity index (χ3v) is 2.97. The van der Waals surface area contributed by atoms with Crippen LogP contribution in [0.25, 0.3) is 0 Å². The molecule has 0 aliphatic heterocycles. The van der Waals surface area contributed by atoms with Crippen molar-refractivity contribution in [3.05, 3.63) is 65.7 Å². The maximum atomic E-state index is 11.9. The van der Waals surface area contributed by atoms with Gasteiger partial charge in [0.2, 0.25) is 0 Å². The first kappa shape index (κ1) is 14.5. The number of rotatable bonds is 5. The van der Waals surface area contributed by atoms with Crippen molar-refractivity contribution in [1.82, 2.24) is 5.43 Å². The molecule has 0 aromatic heterocycles. The fourth-order valence-corrected chi connectivity index (χ4v) is 1.76. The van der Waals surface area contributed by atoms with Gasteiger partial charge < -0.3 is 11.5 Å². The van der Waals surface area contributed by atoms with Gasteiger partial charge in [0.05, 0.1) is 5.69 Å². The highest BCUT2D eigenvalue weighted by atomic mass is 16.2. The first-order valence-corrected chi connectivity index (χ1v) is 6.39. The lowest BCUT2D eigenvalue weighted by Crippen LogP contribution is -2.37. The number of nitrogen functional groups attached to an aromatic ring is 1. The summed E-state index contributed by atoms with van der Waals surface area (Å²) in [5.41, 5.74) is 18.6. The smallest absolute Gasteiger partial charge is 0.259 e. The van der Waals surface area contributed by atoms with E-state index in [1.165, 1.54) is 0 Å². The van der Waals surface area contributed by atoms with E-state index < -0.39 is 6.04 Å². The second kappa shape index (κ2) is 6.53. The van der Waals surface area contributed by atoms with Gasteiger partial charge in [-0.1, -0.05) is 30.3 Å². The topological polar surface area (TPSA) is 117 Å². The molecule has 0 heterocycles. The van der Waals surface area contributed by atoms with Crippen molar-refractivity contribution in [2.45, 2.75) is 6.04 Å². The number of amidine groups is 1. The molecule has 0 saturated heterocycles. The molecule has 0 aliphatic rings. The van der Waals surface area contributed by atoms with Crippen LogP contribution in [0.4, 0.5) is 5.69 Å². The molecule has 1 amide bonds. The third kappa shape index (κ3) is 3.80. The van der Waals surface area contributed by atoms with Crippen LogP contribution in [0.1, 0.15) is 17.2 Å². The molecule has 108 valence electrons. The molecule has 6 nitrogen and oxygen atoms in total. The van der Waals surface area contributed by atoms with Crippen LogP contribution in [-0.2, 0) is 4.79 Å². The summed E-state index contributed by atoms with van der Waals surface area (Å²) in [4.78, 5) is 11.9. The van der Waals surface area contributed by atoms with Crippen LogP contribution >= 0.6 is 0 Å². The predicted octanol–water partition coefficient (Wildman–Crippen LogP) is 1.11. The summed E-state index contributed by atoms with van der Waals surface area (Å²) in [6.07, 6.45) is 0. The Labute approximate surface area is 122 Å². The van der Waals surface area contributed by atoms with Gasteiger partial charge in [-0.15, -0.1) is 0 Å². The van der Waals surface area contributed by atoms with Gasteiger partial charge in [0.1, 0.15) is 11.9 Å². The molecular weight excluding hydrogens is 266 g/mol. The summed E-state index contributed by atoms with van der Waals surface area (Å²) in [5.74, 6) is -0.339. The highest BCUT2D eigenvalue weighted by Gasteiger charge is 2.14. The molecule has 0 bridgehead atoms. The van der Waals surface area contributed by atoms with Crippen molar-refractivity contribution in [1.29, 1.82) is 5.41 Å². The number of amides is 1. The maximum absolute atomic E-state index is 11.9. The third-order valence-electron chi connectivity index (χ3n) is 2.97. The Morgan fingerprint density at radius 2 is 1.67 bits per heavy atom. The van der Waals surface area contributed by atoms with Crippen molar-refractivity contribution in [3.63, 3.8) is 0 Å². The minimum absolute atomic E-state index is 0.00307. The Bertz CT molecular complexity index is 624. The Balaban J connectivity index is 1.93. The highest BCUT2D eigenvalue weighted by molar-refractivity contribution is 5.95. The van der Waals surface area contributed by atoms with Crippen LogP contribution in [0.2, 0.25) is 0 Å². The van der Waals surface area contributed by atoms with Gasteiger partial charge in [0.15, 0.2) is 0 Å². The Kier molecular flexibility index (Phi) is 4.53. The molecule has 2 rings (SSSR count). The normalized spacial score (nSPS) is 11.5. The molecule has 0 aliphatic carbocycles. The Hall–Kier alpha value is -2.86. The van der Waals surface area contributed by atoms with E-state index in [0.29, 0.717) is 11.3 Å². The van der Waals surface area contributed by atoms with E-state index in [-0.39, 0.29) is 11.7 Å². The zero-order valence-electron chi connectivity index (χ0n) is 11.3. The Morgan fingerprint density at radius 3 is 2.24 bits per heavy atom. The summed E-state index contributed by atoms with van der Waals surface area (Å²) in [6, 6.07) is 15.2. The second-order valence-electron chi connectivity index (χ2n) is 4.49. The zero-order valence-corrected chi connectivity index (χ0v) is 11.3. The van der Waals surface area contributed by atoms with Crippen molar-refractivity contribution in [3.8, 4) is 0 Å². The largest absolute Gasteiger partial charge is 0.384 e. The first-order chi connectivity index (χ1) is 10.1. The van der Waals surface area contributed by atoms with Crippen LogP contribution in [0.15, 0.2) is 54.6 Å². The van der Waals surface area contributed by atoms with Crippen LogP contribution in [0.5, 0.6) is 0 Å². The van der Waals surface area contributed by atoms with E-state index in [2.05, 4.69) is 10.9 Å². The molecule has 2 aromatic carbocycles. The lowest BCUT2D eigenvalue weighted by molar-refractivity contribution is -0.122. The number of benzene rings is 2. The molecule has 0 radical (unpaired) electrons. The quantitative estimate of drug-likeness (QED) is 0.321. The highest BCUT2D eigenvalue weighted by Crippen LogP contribution is 2.11. The number of carbonyl (C=O) groups excluding carboxylic acids is 1. The van der Waals surface area contributed by atoms with E-state index in [1.807, 2.05) is 18.2 Å². The predicted molar refractivity (Wildman–Crippen MR) is 82.6 cm³/mol. The molecule has 21 heavy (non-hydrogen) atoms. The van der Waals surface area contributed by atoms with E-state index in [0.717, 1.165) is 5.56 Å². The fourth-order valence-electron chi connectivity index (χ4n) is 1.76. The molecule has 0 spiro atoms. The summed E-state index contributed by atoms with van der Waals surface area (Å²) in [6.45, 7) is 0. The number of anilines is 1. The van der Waals surface area contributed by atoms with E-state index in [4.69, 9.17) is 16.9 Å². The van der Waals surface area contributed by atoms with Gasteiger partial charge in [-0.2, -0.15) is 0 Å². The number of hydrazine groups is 1. The number of hydrogen-bond acceptors (Lipinski definition) is 4. The van der Waals surface area contributed by atoms with Crippen LogP contribution in [-0.4, -0.2) is 11.7 Å². The first-order valence-electron chi connectivity index (χ1n) is 6.39. The molecule has 0 fully saturated rings. The van der Waals surface area contributed by atoms with Gasteiger partial charge in [0.25, 0.3) is 5.91 Å². The minimum Gasteiger partial charge on any atom is -0.384 e. The van der Waals surface area contributed by atoms with Crippen molar-refractivity contribution >= 4 is 17.4 Å². The number of nitrogens with two attached hydrogens (primary N) is 2. The van der Waals surface area contributed by atoms with Crippen molar-refractivity contribution in [2.24, 2.45) is 11.5 Å². The molecule has 2 aromatic rings. The SMILES string of the molecule is N=C(N)c1ccc(NNC(=O)C(N)c2ccccc2)cc1. The molecule has 6 heteroatoms. The van der Waals surface area contributed by atoms with Gasteiger partial charge >= 0.3 is 0 Å². The van der Waals surface area contributed by atoms with Gasteiger partial charge in [-0.05, 0) is 29.8 Å². The molecule has 1 atom stereocenters. The van der Waals surface area contributed by atoms with E-state index in [9.17, 15) is 4.79 Å². The van der Waals surface area contributed by atoms with E-state index in [1.54, 1.807) is 36.4 Å². The number of nitrogens with one attached hydrogen (secondary N) is 3. The second-order valence-corrected chi connectivity index (χ2v) is 4.49. The van der Waals surface area contributed by atoms with Gasteiger partial charge in [-0.25, -0.2) is 0 Å². The monoisotopic (exact) mass is 283 g/mol. The van der Waals surface area contributed by atoms with E-state index >= 15 is 0 Å². The van der Waals surface area contributed by atoms with Crippen LogP contribution < -0.4 is 22.3 Å². The molecule has 7 N–H and O–H groups in total. The number of hydrogen-bond donors (Lipinski definition) is 5. The lowest BCUT2D eigenvalue weighted by Gasteiger charge is -2.14. The Morgan fingerprint density at radius 1 is 1.05 bits per heavy atom. The van der Waals surface area contributed by atoms with Crippen LogP contribution in [0, 0.1) is 5.41 Å². The van der Waals surface area contributed by atoms with Crippen molar-refractivity contribution in [2.75, 3.05) is 5.43 Å². The van der Waals surface area contributed by atoms with Gasteiger partial charge in [-0.3, -0.25) is 21.1 Å². The molecular formula is C15H17N5O. The average molecular weight is 283 g/mol. The summed E-state index contributed by atoms with van der Waals surface area (Å²) in [7, 11) is 0. The van der Waals surface area contributed by atoms with Crippen molar-refractivity contribution < 1.29 is 4.79 Å². The molecule has 0 saturated carbocycles. The molecule has 1 unspecified atom stereocenters. The van der Waals surface area contributed by atoms with Crippen LogP contribution in [0.3, 0.4) is 0 Å².